The maximum Gasteiger partial charge on any atom is 0.256 e. The number of aryl methyl sites for hydroxylation is 1. The summed E-state index contributed by atoms with van der Waals surface area (Å²) in [5, 5.41) is 0. The summed E-state index contributed by atoms with van der Waals surface area (Å²) in [4.78, 5) is 19.8. The summed E-state index contributed by atoms with van der Waals surface area (Å²) in [5.41, 5.74) is 1.65. The Labute approximate surface area is 106 Å². The van der Waals surface area contributed by atoms with E-state index in [9.17, 15) is 4.79 Å². The first-order chi connectivity index (χ1) is 8.06. The Morgan fingerprint density at radius 3 is 2.59 bits per heavy atom. The molecule has 1 aromatic heterocycles. The van der Waals surface area contributed by atoms with Gasteiger partial charge in [0.05, 0.1) is 5.56 Å². The molecule has 1 aliphatic rings. The van der Waals surface area contributed by atoms with E-state index in [-0.39, 0.29) is 5.56 Å². The molecule has 0 unspecified atom stereocenters. The molecule has 0 aliphatic carbocycles. The zero-order chi connectivity index (χ0) is 12.4. The topological polar surface area (TPSA) is 51.9 Å². The van der Waals surface area contributed by atoms with Crippen molar-refractivity contribution in [1.82, 2.24) is 14.9 Å². The Morgan fingerprint density at radius 2 is 2.00 bits per heavy atom. The molecule has 1 aromatic rings. The van der Waals surface area contributed by atoms with Crippen LogP contribution in [0.2, 0.25) is 0 Å². The number of aromatic amines is 2. The van der Waals surface area contributed by atoms with Crippen LogP contribution in [0.4, 0.5) is 0 Å². The van der Waals surface area contributed by atoms with E-state index >= 15 is 0 Å². The molecule has 0 bridgehead atoms. The van der Waals surface area contributed by atoms with Gasteiger partial charge in [-0.15, -0.1) is 0 Å². The Bertz CT molecular complexity index is 497. The predicted octanol–water partition coefficient (Wildman–Crippen LogP) is 1.97. The Morgan fingerprint density at radius 1 is 1.35 bits per heavy atom. The summed E-state index contributed by atoms with van der Waals surface area (Å²) in [6.45, 7) is 7.08. The van der Waals surface area contributed by atoms with Crippen molar-refractivity contribution in [3.63, 3.8) is 0 Å². The third-order valence-electron chi connectivity index (χ3n) is 3.51. The molecule has 0 atom stereocenters. The quantitative estimate of drug-likeness (QED) is 0.792. The maximum atomic E-state index is 11.8. The van der Waals surface area contributed by atoms with Gasteiger partial charge in [0.2, 0.25) is 0 Å². The molecule has 4 nitrogen and oxygen atoms in total. The van der Waals surface area contributed by atoms with Gasteiger partial charge in [-0.3, -0.25) is 14.7 Å². The van der Waals surface area contributed by atoms with Gasteiger partial charge < -0.3 is 4.98 Å². The second-order valence-electron chi connectivity index (χ2n) is 4.97. The van der Waals surface area contributed by atoms with Crippen molar-refractivity contribution < 1.29 is 0 Å². The molecule has 94 valence electrons. The molecule has 1 saturated heterocycles. The Kier molecular flexibility index (Phi) is 3.79. The molecule has 0 radical (unpaired) electrons. The SMILES string of the molecule is Cc1[nH]c(=S)[nH]c(=O)c1CN1CCC(C)CC1. The van der Waals surface area contributed by atoms with Crippen LogP contribution in [0, 0.1) is 17.6 Å². The lowest BCUT2D eigenvalue weighted by molar-refractivity contribution is 0.184. The lowest BCUT2D eigenvalue weighted by Crippen LogP contribution is -2.34. The van der Waals surface area contributed by atoms with Crippen LogP contribution in [0.15, 0.2) is 4.79 Å². The average Bonchev–Trinajstić information content (AvgIpc) is 2.26. The highest BCUT2D eigenvalue weighted by atomic mass is 32.1. The first kappa shape index (κ1) is 12.5. The lowest BCUT2D eigenvalue weighted by atomic mass is 9.99. The van der Waals surface area contributed by atoms with Gasteiger partial charge in [0.1, 0.15) is 0 Å². The largest absolute Gasteiger partial charge is 0.336 e. The first-order valence-electron chi connectivity index (χ1n) is 6.10. The zero-order valence-corrected chi connectivity index (χ0v) is 11.2. The summed E-state index contributed by atoms with van der Waals surface area (Å²) in [5.74, 6) is 0.812. The van der Waals surface area contributed by atoms with Crippen molar-refractivity contribution in [2.24, 2.45) is 5.92 Å². The van der Waals surface area contributed by atoms with E-state index < -0.39 is 0 Å². The van der Waals surface area contributed by atoms with Crippen molar-refractivity contribution >= 4 is 12.2 Å². The van der Waals surface area contributed by atoms with Crippen LogP contribution in [-0.4, -0.2) is 28.0 Å². The number of nitrogens with zero attached hydrogens (tertiary/aromatic N) is 1. The third kappa shape index (κ3) is 3.04. The van der Waals surface area contributed by atoms with Crippen LogP contribution in [0.1, 0.15) is 31.0 Å². The molecule has 0 amide bonds. The maximum absolute atomic E-state index is 11.8. The molecule has 17 heavy (non-hydrogen) atoms. The summed E-state index contributed by atoms with van der Waals surface area (Å²) in [6.07, 6.45) is 2.44. The van der Waals surface area contributed by atoms with E-state index in [2.05, 4.69) is 21.8 Å². The second kappa shape index (κ2) is 5.14. The van der Waals surface area contributed by atoms with Gasteiger partial charge >= 0.3 is 0 Å². The predicted molar refractivity (Wildman–Crippen MR) is 70.7 cm³/mol. The number of rotatable bonds is 2. The number of hydrogen-bond donors (Lipinski definition) is 2. The number of H-pyrrole nitrogens is 2. The van der Waals surface area contributed by atoms with Crippen molar-refractivity contribution in [3.05, 3.63) is 26.4 Å². The fourth-order valence-corrected chi connectivity index (χ4v) is 2.51. The van der Waals surface area contributed by atoms with Crippen LogP contribution >= 0.6 is 12.2 Å². The van der Waals surface area contributed by atoms with Gasteiger partial charge in [-0.05, 0) is 51.0 Å². The Balaban J connectivity index is 2.14. The molecule has 0 saturated carbocycles. The summed E-state index contributed by atoms with van der Waals surface area (Å²) in [7, 11) is 0. The standard InChI is InChI=1S/C12H19N3OS/c1-8-3-5-15(6-4-8)7-10-9(2)13-12(17)14-11(10)16/h8H,3-7H2,1-2H3,(H2,13,14,16,17). The monoisotopic (exact) mass is 253 g/mol. The summed E-state index contributed by atoms with van der Waals surface area (Å²) >= 11 is 4.94. The zero-order valence-electron chi connectivity index (χ0n) is 10.4. The number of hydrogen-bond acceptors (Lipinski definition) is 3. The van der Waals surface area contributed by atoms with Crippen molar-refractivity contribution in [1.29, 1.82) is 0 Å². The van der Waals surface area contributed by atoms with E-state index in [0.717, 1.165) is 36.8 Å². The normalized spacial score (nSPS) is 18.5. The third-order valence-corrected chi connectivity index (χ3v) is 3.72. The molecular weight excluding hydrogens is 234 g/mol. The van der Waals surface area contributed by atoms with Gasteiger partial charge in [-0.25, -0.2) is 0 Å². The minimum atomic E-state index is -0.0510. The van der Waals surface area contributed by atoms with Gasteiger partial charge in [0.15, 0.2) is 4.77 Å². The molecule has 2 heterocycles. The molecule has 5 heteroatoms. The van der Waals surface area contributed by atoms with Gasteiger partial charge in [-0.1, -0.05) is 6.92 Å². The van der Waals surface area contributed by atoms with Crippen LogP contribution in [0.25, 0.3) is 0 Å². The number of aromatic nitrogens is 2. The van der Waals surface area contributed by atoms with Crippen LogP contribution in [0.5, 0.6) is 0 Å². The highest BCUT2D eigenvalue weighted by molar-refractivity contribution is 7.71. The van der Waals surface area contributed by atoms with E-state index in [4.69, 9.17) is 12.2 Å². The molecule has 0 spiro atoms. The number of likely N-dealkylation sites (tertiary alicyclic amines) is 1. The average molecular weight is 253 g/mol. The highest BCUT2D eigenvalue weighted by Gasteiger charge is 2.17. The van der Waals surface area contributed by atoms with Crippen molar-refractivity contribution in [2.75, 3.05) is 13.1 Å². The molecule has 1 aliphatic heterocycles. The van der Waals surface area contributed by atoms with Gasteiger partial charge in [-0.2, -0.15) is 0 Å². The summed E-state index contributed by atoms with van der Waals surface area (Å²) in [6, 6.07) is 0. The van der Waals surface area contributed by atoms with Crippen LogP contribution in [-0.2, 0) is 6.54 Å². The number of piperidine rings is 1. The molecule has 0 aromatic carbocycles. The minimum Gasteiger partial charge on any atom is -0.336 e. The lowest BCUT2D eigenvalue weighted by Gasteiger charge is -2.30. The Hall–Kier alpha value is -0.940. The fourth-order valence-electron chi connectivity index (χ4n) is 2.26. The molecular formula is C12H19N3OS. The van der Waals surface area contributed by atoms with Crippen LogP contribution in [0.3, 0.4) is 0 Å². The van der Waals surface area contributed by atoms with Gasteiger partial charge in [0, 0.05) is 12.2 Å². The fraction of sp³-hybridized carbons (Fsp3) is 0.667. The van der Waals surface area contributed by atoms with E-state index in [0.29, 0.717) is 4.77 Å². The van der Waals surface area contributed by atoms with Crippen LogP contribution < -0.4 is 5.56 Å². The molecule has 2 rings (SSSR count). The molecule has 1 fully saturated rings. The first-order valence-corrected chi connectivity index (χ1v) is 6.51. The molecule has 2 N–H and O–H groups in total. The van der Waals surface area contributed by atoms with E-state index in [1.165, 1.54) is 12.8 Å². The van der Waals surface area contributed by atoms with Crippen molar-refractivity contribution in [2.45, 2.75) is 33.2 Å². The number of nitrogens with one attached hydrogen (secondary N) is 2. The van der Waals surface area contributed by atoms with E-state index in [1.54, 1.807) is 0 Å². The summed E-state index contributed by atoms with van der Waals surface area (Å²) < 4.78 is 0.406. The minimum absolute atomic E-state index is 0.0510. The van der Waals surface area contributed by atoms with Crippen molar-refractivity contribution in [3.8, 4) is 0 Å². The second-order valence-corrected chi connectivity index (χ2v) is 5.38. The van der Waals surface area contributed by atoms with E-state index in [1.807, 2.05) is 6.92 Å². The smallest absolute Gasteiger partial charge is 0.256 e. The highest BCUT2D eigenvalue weighted by Crippen LogP contribution is 2.17. The van der Waals surface area contributed by atoms with Gasteiger partial charge in [0.25, 0.3) is 5.56 Å².